The summed E-state index contributed by atoms with van der Waals surface area (Å²) in [6.45, 7) is 0.882. The zero-order valence-electron chi connectivity index (χ0n) is 12.3. The summed E-state index contributed by atoms with van der Waals surface area (Å²) < 4.78 is 30.5. The Labute approximate surface area is 143 Å². The average molecular weight is 374 g/mol. The highest BCUT2D eigenvalue weighted by Crippen LogP contribution is 2.26. The van der Waals surface area contributed by atoms with Crippen LogP contribution in [0.4, 0.5) is 0 Å². The van der Waals surface area contributed by atoms with E-state index in [-0.39, 0.29) is 11.7 Å². The molecule has 8 heteroatoms. The molecule has 0 aliphatic carbocycles. The molecule has 2 aromatic rings. The lowest BCUT2D eigenvalue weighted by atomic mass is 10.1. The Balaban J connectivity index is 1.60. The molecule has 1 amide bonds. The van der Waals surface area contributed by atoms with Crippen LogP contribution in [0.1, 0.15) is 28.3 Å². The smallest absolute Gasteiger partial charge is 0.263 e. The summed E-state index contributed by atoms with van der Waals surface area (Å²) in [5.74, 6) is 0.291. The van der Waals surface area contributed by atoms with Crippen LogP contribution in [0.3, 0.4) is 0 Å². The molecule has 0 unspecified atom stereocenters. The Hall–Kier alpha value is -1.31. The summed E-state index contributed by atoms with van der Waals surface area (Å²) in [6, 6.07) is 6.74. The minimum absolute atomic E-state index is 0.0798. The van der Waals surface area contributed by atoms with Crippen LogP contribution in [-0.4, -0.2) is 37.6 Å². The van der Waals surface area contributed by atoms with E-state index < -0.39 is 15.1 Å². The molecular formula is C15H16ClNO4S2. The van der Waals surface area contributed by atoms with Crippen molar-refractivity contribution in [1.82, 2.24) is 4.90 Å². The molecule has 5 nitrogen and oxygen atoms in total. The maximum atomic E-state index is 12.4. The summed E-state index contributed by atoms with van der Waals surface area (Å²) in [5, 5.41) is -0.427. The second kappa shape index (κ2) is 6.67. The Morgan fingerprint density at radius 1 is 1.30 bits per heavy atom. The van der Waals surface area contributed by atoms with Crippen LogP contribution in [0.5, 0.6) is 0 Å². The van der Waals surface area contributed by atoms with Crippen LogP contribution < -0.4 is 0 Å². The van der Waals surface area contributed by atoms with Gasteiger partial charge in [-0.05, 0) is 37.1 Å². The first kappa shape index (κ1) is 16.5. The van der Waals surface area contributed by atoms with Gasteiger partial charge in [0.05, 0.1) is 20.7 Å². The van der Waals surface area contributed by atoms with Gasteiger partial charge in [-0.1, -0.05) is 11.6 Å². The van der Waals surface area contributed by atoms with Gasteiger partial charge >= 0.3 is 0 Å². The van der Waals surface area contributed by atoms with Crippen molar-refractivity contribution in [2.24, 2.45) is 0 Å². The molecule has 124 valence electrons. The first-order valence-corrected chi connectivity index (χ1v) is 10.2. The monoisotopic (exact) mass is 373 g/mol. The highest BCUT2D eigenvalue weighted by molar-refractivity contribution is 7.91. The molecule has 1 fully saturated rings. The number of halogens is 1. The lowest BCUT2D eigenvalue weighted by molar-refractivity contribution is 0.0730. The van der Waals surface area contributed by atoms with Crippen LogP contribution in [0, 0.1) is 0 Å². The number of furan rings is 1. The van der Waals surface area contributed by atoms with Crippen LogP contribution in [-0.2, 0) is 15.6 Å². The van der Waals surface area contributed by atoms with E-state index in [1.807, 2.05) is 0 Å². The van der Waals surface area contributed by atoms with E-state index in [4.69, 9.17) is 16.0 Å². The van der Waals surface area contributed by atoms with Gasteiger partial charge in [-0.2, -0.15) is 0 Å². The van der Waals surface area contributed by atoms with Gasteiger partial charge in [0.15, 0.2) is 9.84 Å². The number of nitrogens with zero attached hydrogens (tertiary/aromatic N) is 1. The molecule has 23 heavy (non-hydrogen) atoms. The van der Waals surface area contributed by atoms with E-state index in [9.17, 15) is 13.2 Å². The predicted molar refractivity (Wildman–Crippen MR) is 89.6 cm³/mol. The predicted octanol–water partition coefficient (Wildman–Crippen LogP) is 3.21. The van der Waals surface area contributed by atoms with Crippen molar-refractivity contribution < 1.29 is 17.6 Å². The number of piperidine rings is 1. The van der Waals surface area contributed by atoms with Gasteiger partial charge in [-0.15, -0.1) is 11.3 Å². The topological polar surface area (TPSA) is 67.6 Å². The normalized spacial score (nSPS) is 16.7. The minimum atomic E-state index is -3.27. The molecule has 0 aromatic carbocycles. The summed E-state index contributed by atoms with van der Waals surface area (Å²) in [6.07, 6.45) is 2.38. The van der Waals surface area contributed by atoms with Crippen molar-refractivity contribution >= 4 is 38.7 Å². The number of rotatable bonds is 4. The van der Waals surface area contributed by atoms with Gasteiger partial charge in [0, 0.05) is 13.1 Å². The van der Waals surface area contributed by atoms with E-state index in [2.05, 4.69) is 0 Å². The summed E-state index contributed by atoms with van der Waals surface area (Å²) >= 11 is 7.10. The first-order chi connectivity index (χ1) is 11.0. The minimum Gasteiger partial charge on any atom is -0.468 e. The third-order valence-corrected chi connectivity index (χ3v) is 7.34. The fourth-order valence-electron chi connectivity index (χ4n) is 2.71. The first-order valence-electron chi connectivity index (χ1n) is 7.24. The molecular weight excluding hydrogens is 358 g/mol. The second-order valence-electron chi connectivity index (χ2n) is 5.48. The molecule has 1 aliphatic rings. The van der Waals surface area contributed by atoms with Crippen molar-refractivity contribution in [3.05, 3.63) is 45.5 Å². The van der Waals surface area contributed by atoms with Gasteiger partial charge in [0.1, 0.15) is 11.5 Å². The fourth-order valence-corrected chi connectivity index (χ4v) is 5.45. The van der Waals surface area contributed by atoms with Crippen LogP contribution in [0.2, 0.25) is 4.34 Å². The molecule has 0 N–H and O–H groups in total. The largest absolute Gasteiger partial charge is 0.468 e. The fraction of sp³-hybridized carbons (Fsp3) is 0.400. The number of carbonyl (C=O) groups excluding carboxylic acids is 1. The van der Waals surface area contributed by atoms with Gasteiger partial charge in [-0.25, -0.2) is 8.42 Å². The highest BCUT2D eigenvalue weighted by atomic mass is 35.5. The van der Waals surface area contributed by atoms with Gasteiger partial charge in [-0.3, -0.25) is 4.79 Å². The van der Waals surface area contributed by atoms with Crippen molar-refractivity contribution in [2.75, 3.05) is 13.1 Å². The standard InChI is InChI=1S/C15H16ClNO4S2/c16-14-4-3-13(22-14)15(18)17-7-5-12(6-8-17)23(19,20)10-11-2-1-9-21-11/h1-4,9,12H,5-8,10H2. The molecule has 2 aromatic heterocycles. The van der Waals surface area contributed by atoms with E-state index in [0.717, 1.165) is 0 Å². The Morgan fingerprint density at radius 2 is 2.04 bits per heavy atom. The number of sulfone groups is 1. The van der Waals surface area contributed by atoms with Crippen LogP contribution in [0.15, 0.2) is 34.9 Å². The summed E-state index contributed by atoms with van der Waals surface area (Å²) in [5.41, 5.74) is 0. The lowest BCUT2D eigenvalue weighted by Crippen LogP contribution is -2.42. The number of hydrogen-bond acceptors (Lipinski definition) is 5. The number of thiophene rings is 1. The Kier molecular flexibility index (Phi) is 4.79. The zero-order chi connectivity index (χ0) is 16.4. The molecule has 0 saturated carbocycles. The molecule has 0 atom stereocenters. The number of amides is 1. The maximum absolute atomic E-state index is 12.4. The van der Waals surface area contributed by atoms with Gasteiger partial charge in [0.25, 0.3) is 5.91 Å². The molecule has 3 heterocycles. The average Bonchev–Trinajstić information content (AvgIpc) is 3.18. The molecule has 0 radical (unpaired) electrons. The highest BCUT2D eigenvalue weighted by Gasteiger charge is 2.32. The summed E-state index contributed by atoms with van der Waals surface area (Å²) in [7, 11) is -3.27. The molecule has 0 spiro atoms. The lowest BCUT2D eigenvalue weighted by Gasteiger charge is -2.31. The number of hydrogen-bond donors (Lipinski definition) is 0. The summed E-state index contributed by atoms with van der Waals surface area (Å²) in [4.78, 5) is 14.6. The van der Waals surface area contributed by atoms with E-state index >= 15 is 0 Å². The van der Waals surface area contributed by atoms with E-state index in [1.165, 1.54) is 17.6 Å². The van der Waals surface area contributed by atoms with Crippen molar-refractivity contribution in [3.63, 3.8) is 0 Å². The zero-order valence-corrected chi connectivity index (χ0v) is 14.7. The molecule has 3 rings (SSSR count). The SMILES string of the molecule is O=C(c1ccc(Cl)s1)N1CCC(S(=O)(=O)Cc2ccco2)CC1. The Bertz CT molecular complexity index is 774. The second-order valence-corrected chi connectivity index (χ2v) is 9.48. The van der Waals surface area contributed by atoms with Gasteiger partial charge < -0.3 is 9.32 Å². The molecule has 1 aliphatic heterocycles. The third-order valence-electron chi connectivity index (χ3n) is 3.94. The van der Waals surface area contributed by atoms with Crippen molar-refractivity contribution in [2.45, 2.75) is 23.8 Å². The van der Waals surface area contributed by atoms with Crippen molar-refractivity contribution in [3.8, 4) is 0 Å². The van der Waals surface area contributed by atoms with Crippen LogP contribution >= 0.6 is 22.9 Å². The van der Waals surface area contributed by atoms with Crippen molar-refractivity contribution in [1.29, 1.82) is 0 Å². The van der Waals surface area contributed by atoms with E-state index in [0.29, 0.717) is 40.9 Å². The maximum Gasteiger partial charge on any atom is 0.263 e. The van der Waals surface area contributed by atoms with Crippen LogP contribution in [0.25, 0.3) is 0 Å². The third kappa shape index (κ3) is 3.79. The number of likely N-dealkylation sites (tertiary alicyclic amines) is 1. The number of carbonyl (C=O) groups is 1. The molecule has 0 bridgehead atoms. The van der Waals surface area contributed by atoms with E-state index in [1.54, 1.807) is 29.2 Å². The molecule has 1 saturated heterocycles. The van der Waals surface area contributed by atoms with Gasteiger partial charge in [0.2, 0.25) is 0 Å². The Morgan fingerprint density at radius 3 is 2.61 bits per heavy atom. The quantitative estimate of drug-likeness (QED) is 0.825.